The first-order valence-corrected chi connectivity index (χ1v) is 7.88. The molecule has 2 aromatic heterocycles. The molecule has 1 aliphatic rings. The summed E-state index contributed by atoms with van der Waals surface area (Å²) < 4.78 is 25.7. The van der Waals surface area contributed by atoms with Gasteiger partial charge in [0.05, 0.1) is 16.0 Å². The minimum Gasteiger partial charge on any atom is -0.285 e. The van der Waals surface area contributed by atoms with Crippen molar-refractivity contribution in [1.82, 2.24) is 14.6 Å². The molecule has 0 bridgehead atoms. The second kappa shape index (κ2) is 3.78. The van der Waals surface area contributed by atoms with Crippen LogP contribution in [-0.2, 0) is 9.84 Å². The van der Waals surface area contributed by atoms with Crippen LogP contribution in [0.15, 0.2) is 22.8 Å². The summed E-state index contributed by atoms with van der Waals surface area (Å²) in [5, 5.41) is 8.20. The molecule has 0 amide bonds. The molecule has 0 N–H and O–H groups in total. The minimum atomic E-state index is -2.89. The molecule has 1 saturated heterocycles. The number of rotatable bonds is 1. The summed E-state index contributed by atoms with van der Waals surface area (Å²) >= 11 is 3.40. The van der Waals surface area contributed by atoms with E-state index >= 15 is 0 Å². The van der Waals surface area contributed by atoms with E-state index in [1.165, 1.54) is 0 Å². The third kappa shape index (κ3) is 1.87. The van der Waals surface area contributed by atoms with E-state index in [9.17, 15) is 8.42 Å². The van der Waals surface area contributed by atoms with Crippen molar-refractivity contribution >= 4 is 31.4 Å². The summed E-state index contributed by atoms with van der Waals surface area (Å²) in [4.78, 5) is 0. The maximum Gasteiger partial charge on any atom is 0.175 e. The lowest BCUT2D eigenvalue weighted by molar-refractivity contribution is 0.601. The Balaban J connectivity index is 2.11. The molecule has 3 rings (SSSR count). The number of nitrogens with zero attached hydrogens (tertiary/aromatic N) is 3. The Bertz CT molecular complexity index is 680. The number of hydrogen-bond donors (Lipinski definition) is 0. The fourth-order valence-electron chi connectivity index (χ4n) is 2.18. The predicted molar refractivity (Wildman–Crippen MR) is 66.7 cm³/mol. The van der Waals surface area contributed by atoms with Crippen LogP contribution >= 0.6 is 15.9 Å². The van der Waals surface area contributed by atoms with Crippen LogP contribution in [0.5, 0.6) is 0 Å². The Morgan fingerprint density at radius 1 is 1.41 bits per heavy atom. The summed E-state index contributed by atoms with van der Waals surface area (Å²) in [5.74, 6) is 1.13. The van der Waals surface area contributed by atoms with Gasteiger partial charge in [-0.1, -0.05) is 0 Å². The van der Waals surface area contributed by atoms with Crippen LogP contribution in [-0.4, -0.2) is 34.5 Å². The van der Waals surface area contributed by atoms with E-state index in [0.717, 1.165) is 15.9 Å². The van der Waals surface area contributed by atoms with Crippen LogP contribution in [0.4, 0.5) is 0 Å². The molecule has 2 aromatic rings. The van der Waals surface area contributed by atoms with Gasteiger partial charge in [-0.15, -0.1) is 10.2 Å². The molecule has 0 aliphatic carbocycles. The van der Waals surface area contributed by atoms with Crippen LogP contribution in [0.1, 0.15) is 18.2 Å². The molecule has 1 fully saturated rings. The molecule has 5 nitrogen and oxygen atoms in total. The average molecular weight is 316 g/mol. The highest BCUT2D eigenvalue weighted by Gasteiger charge is 2.32. The highest BCUT2D eigenvalue weighted by atomic mass is 79.9. The highest BCUT2D eigenvalue weighted by Crippen LogP contribution is 2.29. The van der Waals surface area contributed by atoms with Crippen molar-refractivity contribution in [3.8, 4) is 0 Å². The Kier molecular flexibility index (Phi) is 2.48. The summed E-state index contributed by atoms with van der Waals surface area (Å²) in [7, 11) is -2.89. The van der Waals surface area contributed by atoms with Gasteiger partial charge in [0.2, 0.25) is 0 Å². The van der Waals surface area contributed by atoms with Gasteiger partial charge < -0.3 is 0 Å². The monoisotopic (exact) mass is 315 g/mol. The summed E-state index contributed by atoms with van der Waals surface area (Å²) in [6.45, 7) is 0. The molecule has 0 saturated carbocycles. The molecular formula is C10H10BrN3O2S. The van der Waals surface area contributed by atoms with E-state index in [-0.39, 0.29) is 17.4 Å². The Morgan fingerprint density at radius 3 is 2.94 bits per heavy atom. The van der Waals surface area contributed by atoms with Gasteiger partial charge in [0, 0.05) is 12.1 Å². The smallest absolute Gasteiger partial charge is 0.175 e. The molecule has 0 radical (unpaired) electrons. The number of aromatic nitrogens is 3. The molecular weight excluding hydrogens is 306 g/mol. The molecule has 90 valence electrons. The van der Waals surface area contributed by atoms with Gasteiger partial charge in [-0.25, -0.2) is 8.42 Å². The lowest BCUT2D eigenvalue weighted by Crippen LogP contribution is -2.07. The van der Waals surface area contributed by atoms with Gasteiger partial charge in [0.25, 0.3) is 0 Å². The van der Waals surface area contributed by atoms with E-state index in [4.69, 9.17) is 0 Å². The van der Waals surface area contributed by atoms with Crippen molar-refractivity contribution in [2.75, 3.05) is 11.5 Å². The Labute approximate surface area is 107 Å². The summed E-state index contributed by atoms with van der Waals surface area (Å²) in [6, 6.07) is 3.77. The van der Waals surface area contributed by atoms with Gasteiger partial charge >= 0.3 is 0 Å². The van der Waals surface area contributed by atoms with Crippen LogP contribution < -0.4 is 0 Å². The van der Waals surface area contributed by atoms with E-state index in [1.807, 2.05) is 22.7 Å². The number of sulfone groups is 1. The lowest BCUT2D eigenvalue weighted by atomic mass is 10.1. The first-order chi connectivity index (χ1) is 8.07. The third-order valence-electron chi connectivity index (χ3n) is 3.01. The van der Waals surface area contributed by atoms with Crippen LogP contribution in [0.25, 0.3) is 5.65 Å². The molecule has 0 aromatic carbocycles. The standard InChI is InChI=1S/C10H10BrN3O2S/c11-8-2-1-4-14-9(12-13-10(8)14)7-3-5-17(15,16)6-7/h1-2,4,7H,3,5-6H2. The molecule has 17 heavy (non-hydrogen) atoms. The first kappa shape index (κ1) is 11.2. The zero-order chi connectivity index (χ0) is 12.0. The van der Waals surface area contributed by atoms with Crippen molar-refractivity contribution in [2.24, 2.45) is 0 Å². The second-order valence-electron chi connectivity index (χ2n) is 4.21. The molecule has 1 aliphatic heterocycles. The Hall–Kier alpha value is -0.950. The SMILES string of the molecule is O=S1(=O)CCC(c2nnc3c(Br)cccn23)C1. The number of fused-ring (bicyclic) bond motifs is 1. The van der Waals surface area contributed by atoms with Crippen LogP contribution in [0.2, 0.25) is 0 Å². The van der Waals surface area contributed by atoms with Gasteiger partial charge in [-0.2, -0.15) is 0 Å². The lowest BCUT2D eigenvalue weighted by Gasteiger charge is -2.05. The summed E-state index contributed by atoms with van der Waals surface area (Å²) in [6.07, 6.45) is 2.50. The fourth-order valence-corrected chi connectivity index (χ4v) is 4.34. The number of halogens is 1. The topological polar surface area (TPSA) is 64.3 Å². The number of hydrogen-bond acceptors (Lipinski definition) is 4. The van der Waals surface area contributed by atoms with Crippen molar-refractivity contribution < 1.29 is 8.42 Å². The maximum atomic E-state index is 11.5. The predicted octanol–water partition coefficient (Wildman–Crippen LogP) is 1.39. The quantitative estimate of drug-likeness (QED) is 0.798. The average Bonchev–Trinajstić information content (AvgIpc) is 2.82. The minimum absolute atomic E-state index is 0.0377. The molecule has 3 heterocycles. The molecule has 1 unspecified atom stereocenters. The normalized spacial score (nSPS) is 23.2. The van der Waals surface area contributed by atoms with E-state index < -0.39 is 9.84 Å². The van der Waals surface area contributed by atoms with Crippen molar-refractivity contribution in [3.05, 3.63) is 28.6 Å². The van der Waals surface area contributed by atoms with Crippen molar-refractivity contribution in [1.29, 1.82) is 0 Å². The van der Waals surface area contributed by atoms with Crippen LogP contribution in [0.3, 0.4) is 0 Å². The number of pyridine rings is 1. The Morgan fingerprint density at radius 2 is 2.24 bits per heavy atom. The summed E-state index contributed by atoms with van der Waals surface area (Å²) in [5.41, 5.74) is 0.729. The molecule has 0 spiro atoms. The fraction of sp³-hybridized carbons (Fsp3) is 0.400. The van der Waals surface area contributed by atoms with Gasteiger partial charge in [0.15, 0.2) is 15.5 Å². The van der Waals surface area contributed by atoms with Crippen LogP contribution in [0, 0.1) is 0 Å². The van der Waals surface area contributed by atoms with Gasteiger partial charge in [-0.3, -0.25) is 4.40 Å². The van der Waals surface area contributed by atoms with Gasteiger partial charge in [-0.05, 0) is 34.5 Å². The van der Waals surface area contributed by atoms with E-state index in [1.54, 1.807) is 0 Å². The highest BCUT2D eigenvalue weighted by molar-refractivity contribution is 9.10. The van der Waals surface area contributed by atoms with E-state index in [0.29, 0.717) is 6.42 Å². The van der Waals surface area contributed by atoms with Crippen molar-refractivity contribution in [3.63, 3.8) is 0 Å². The van der Waals surface area contributed by atoms with E-state index in [2.05, 4.69) is 26.1 Å². The zero-order valence-corrected chi connectivity index (χ0v) is 11.3. The zero-order valence-electron chi connectivity index (χ0n) is 8.88. The van der Waals surface area contributed by atoms with Crippen molar-refractivity contribution in [2.45, 2.75) is 12.3 Å². The third-order valence-corrected chi connectivity index (χ3v) is 5.40. The molecule has 7 heteroatoms. The molecule has 1 atom stereocenters. The largest absolute Gasteiger partial charge is 0.285 e. The maximum absolute atomic E-state index is 11.5. The van der Waals surface area contributed by atoms with Gasteiger partial charge in [0.1, 0.15) is 5.82 Å². The second-order valence-corrected chi connectivity index (χ2v) is 7.29. The first-order valence-electron chi connectivity index (χ1n) is 5.26.